The van der Waals surface area contributed by atoms with Crippen LogP contribution in [0, 0.1) is 5.82 Å². The number of nitrogens with zero attached hydrogens (tertiary/aromatic N) is 2. The summed E-state index contributed by atoms with van der Waals surface area (Å²) in [5, 5.41) is 0. The number of hydrogen-bond acceptors (Lipinski definition) is 5. The van der Waals surface area contributed by atoms with Crippen molar-refractivity contribution >= 4 is 11.8 Å². The monoisotopic (exact) mass is 456 g/mol. The summed E-state index contributed by atoms with van der Waals surface area (Å²) in [6.45, 7) is 2.60. The topological polar surface area (TPSA) is 68.3 Å². The van der Waals surface area contributed by atoms with Gasteiger partial charge in [0.05, 0.1) is 25.9 Å². The molecule has 7 nitrogen and oxygen atoms in total. The van der Waals surface area contributed by atoms with E-state index in [0.717, 1.165) is 12.8 Å². The van der Waals surface area contributed by atoms with E-state index in [0.29, 0.717) is 50.7 Å². The number of rotatable bonds is 7. The van der Waals surface area contributed by atoms with Crippen LogP contribution in [0.3, 0.4) is 0 Å². The fraction of sp³-hybridized carbons (Fsp3) is 0.440. The maximum Gasteiger partial charge on any atom is 0.254 e. The third-order valence-electron chi connectivity index (χ3n) is 5.99. The highest BCUT2D eigenvalue weighted by Crippen LogP contribution is 2.19. The van der Waals surface area contributed by atoms with Gasteiger partial charge in [-0.05, 0) is 55.3 Å². The van der Waals surface area contributed by atoms with Gasteiger partial charge in [0, 0.05) is 43.9 Å². The van der Waals surface area contributed by atoms with Crippen LogP contribution < -0.4 is 4.74 Å². The van der Waals surface area contributed by atoms with Gasteiger partial charge in [-0.1, -0.05) is 6.07 Å². The first-order valence-corrected chi connectivity index (χ1v) is 11.2. The molecule has 33 heavy (non-hydrogen) atoms. The number of carbonyl (C=O) groups excluding carboxylic acids is 2. The van der Waals surface area contributed by atoms with E-state index in [2.05, 4.69) is 0 Å². The second-order valence-corrected chi connectivity index (χ2v) is 8.33. The largest absolute Gasteiger partial charge is 0.497 e. The van der Waals surface area contributed by atoms with E-state index < -0.39 is 5.82 Å². The lowest BCUT2D eigenvalue weighted by atomic mass is 10.1. The van der Waals surface area contributed by atoms with Gasteiger partial charge in [-0.3, -0.25) is 9.59 Å². The maximum absolute atomic E-state index is 13.7. The SMILES string of the molecule is COc1ccc(C(=O)N2CCO[C@@H](CN(C[C@@H]3CCCO3)C(=O)c3cccc(F)c3)C2)cc1. The third-order valence-corrected chi connectivity index (χ3v) is 5.99. The number of halogens is 1. The van der Waals surface area contributed by atoms with Gasteiger partial charge in [0.1, 0.15) is 11.6 Å². The molecule has 0 spiro atoms. The summed E-state index contributed by atoms with van der Waals surface area (Å²) >= 11 is 0. The van der Waals surface area contributed by atoms with E-state index in [-0.39, 0.29) is 29.6 Å². The molecule has 0 bridgehead atoms. The van der Waals surface area contributed by atoms with Crippen molar-refractivity contribution in [2.45, 2.75) is 25.0 Å². The van der Waals surface area contributed by atoms with Crippen molar-refractivity contribution in [3.8, 4) is 5.75 Å². The molecule has 2 saturated heterocycles. The van der Waals surface area contributed by atoms with Crippen molar-refractivity contribution in [2.24, 2.45) is 0 Å². The molecule has 0 radical (unpaired) electrons. The molecule has 4 rings (SSSR count). The van der Waals surface area contributed by atoms with Gasteiger partial charge in [-0.2, -0.15) is 0 Å². The first kappa shape index (κ1) is 23.2. The van der Waals surface area contributed by atoms with Crippen molar-refractivity contribution < 1.29 is 28.2 Å². The summed E-state index contributed by atoms with van der Waals surface area (Å²) in [6.07, 6.45) is 1.43. The van der Waals surface area contributed by atoms with Crippen LogP contribution in [0.2, 0.25) is 0 Å². The van der Waals surface area contributed by atoms with Crippen LogP contribution in [0.1, 0.15) is 33.6 Å². The highest BCUT2D eigenvalue weighted by molar-refractivity contribution is 5.95. The predicted molar refractivity (Wildman–Crippen MR) is 120 cm³/mol. The molecule has 0 saturated carbocycles. The molecule has 0 unspecified atom stereocenters. The zero-order valence-corrected chi connectivity index (χ0v) is 18.7. The van der Waals surface area contributed by atoms with E-state index in [1.807, 2.05) is 0 Å². The predicted octanol–water partition coefficient (Wildman–Crippen LogP) is 3.00. The highest BCUT2D eigenvalue weighted by atomic mass is 19.1. The smallest absolute Gasteiger partial charge is 0.254 e. The Labute approximate surface area is 193 Å². The highest BCUT2D eigenvalue weighted by Gasteiger charge is 2.30. The molecule has 2 amide bonds. The molecular weight excluding hydrogens is 427 g/mol. The van der Waals surface area contributed by atoms with Crippen molar-refractivity contribution in [2.75, 3.05) is 46.5 Å². The molecule has 176 valence electrons. The minimum absolute atomic E-state index is 0.0527. The molecule has 2 heterocycles. The van der Waals surface area contributed by atoms with Crippen LogP contribution in [0.15, 0.2) is 48.5 Å². The zero-order valence-electron chi connectivity index (χ0n) is 18.7. The molecule has 2 aromatic rings. The van der Waals surface area contributed by atoms with Gasteiger partial charge in [-0.25, -0.2) is 4.39 Å². The number of ether oxygens (including phenoxy) is 3. The van der Waals surface area contributed by atoms with E-state index >= 15 is 0 Å². The van der Waals surface area contributed by atoms with Crippen LogP contribution in [0.4, 0.5) is 4.39 Å². The minimum atomic E-state index is -0.455. The Hall–Kier alpha value is -2.97. The van der Waals surface area contributed by atoms with Crippen LogP contribution in [-0.2, 0) is 9.47 Å². The summed E-state index contributed by atoms with van der Waals surface area (Å²) in [7, 11) is 1.58. The lowest BCUT2D eigenvalue weighted by molar-refractivity contribution is -0.0375. The fourth-order valence-electron chi connectivity index (χ4n) is 4.25. The molecule has 2 atom stereocenters. The summed E-state index contributed by atoms with van der Waals surface area (Å²) in [6, 6.07) is 12.7. The van der Waals surface area contributed by atoms with Crippen LogP contribution in [0.5, 0.6) is 5.75 Å². The minimum Gasteiger partial charge on any atom is -0.497 e. The number of methoxy groups -OCH3 is 1. The van der Waals surface area contributed by atoms with Crippen molar-refractivity contribution in [3.05, 3.63) is 65.5 Å². The van der Waals surface area contributed by atoms with E-state index in [4.69, 9.17) is 14.2 Å². The quantitative estimate of drug-likeness (QED) is 0.641. The second kappa shape index (κ2) is 10.8. The molecule has 8 heteroatoms. The normalized spacial score (nSPS) is 20.5. The van der Waals surface area contributed by atoms with Crippen molar-refractivity contribution in [1.82, 2.24) is 9.80 Å². The average molecular weight is 457 g/mol. The first-order valence-electron chi connectivity index (χ1n) is 11.2. The molecule has 0 N–H and O–H groups in total. The molecule has 2 aliphatic heterocycles. The average Bonchev–Trinajstić information content (AvgIpc) is 3.36. The lowest BCUT2D eigenvalue weighted by Crippen LogP contribution is -2.51. The molecule has 2 aromatic carbocycles. The Kier molecular flexibility index (Phi) is 7.57. The maximum atomic E-state index is 13.7. The standard InChI is InChI=1S/C25H29FN2O5/c1-31-21-9-7-18(8-10-21)24(29)27-11-13-33-23(16-27)17-28(15-22-6-3-12-32-22)25(30)19-4-2-5-20(26)14-19/h2,4-5,7-10,14,22-23H,3,6,11-13,15-17H2,1H3/t22-,23+/m0/s1. The van der Waals surface area contributed by atoms with Gasteiger partial charge >= 0.3 is 0 Å². The summed E-state index contributed by atoms with van der Waals surface area (Å²) in [5.74, 6) is -0.129. The van der Waals surface area contributed by atoms with Gasteiger partial charge in [-0.15, -0.1) is 0 Å². The molecule has 2 fully saturated rings. The van der Waals surface area contributed by atoms with Crippen LogP contribution in [0.25, 0.3) is 0 Å². The van der Waals surface area contributed by atoms with Crippen molar-refractivity contribution in [3.63, 3.8) is 0 Å². The van der Waals surface area contributed by atoms with Gasteiger partial charge in [0.25, 0.3) is 11.8 Å². The van der Waals surface area contributed by atoms with E-state index in [1.54, 1.807) is 47.2 Å². The number of carbonyl (C=O) groups is 2. The van der Waals surface area contributed by atoms with E-state index in [9.17, 15) is 14.0 Å². The summed E-state index contributed by atoms with van der Waals surface area (Å²) < 4.78 is 30.5. The third kappa shape index (κ3) is 5.89. The van der Waals surface area contributed by atoms with Crippen LogP contribution in [-0.4, -0.2) is 80.3 Å². The molecule has 0 aliphatic carbocycles. The number of hydrogen-bond donors (Lipinski definition) is 0. The van der Waals surface area contributed by atoms with Gasteiger partial charge in [0.2, 0.25) is 0 Å². The Bertz CT molecular complexity index is 962. The molecular formula is C25H29FN2O5. The Balaban J connectivity index is 1.45. The van der Waals surface area contributed by atoms with Gasteiger partial charge < -0.3 is 24.0 Å². The number of benzene rings is 2. The van der Waals surface area contributed by atoms with Crippen LogP contribution >= 0.6 is 0 Å². The molecule has 0 aromatic heterocycles. The summed E-state index contributed by atoms with van der Waals surface area (Å²) in [4.78, 5) is 29.6. The second-order valence-electron chi connectivity index (χ2n) is 8.33. The Morgan fingerprint density at radius 1 is 1.06 bits per heavy atom. The Morgan fingerprint density at radius 3 is 2.52 bits per heavy atom. The Morgan fingerprint density at radius 2 is 1.82 bits per heavy atom. The number of amides is 2. The summed E-state index contributed by atoms with van der Waals surface area (Å²) in [5.41, 5.74) is 0.860. The van der Waals surface area contributed by atoms with Crippen molar-refractivity contribution in [1.29, 1.82) is 0 Å². The molecule has 2 aliphatic rings. The number of morpholine rings is 1. The van der Waals surface area contributed by atoms with Gasteiger partial charge in [0.15, 0.2) is 0 Å². The first-order chi connectivity index (χ1) is 16.0. The zero-order chi connectivity index (χ0) is 23.2. The fourth-order valence-corrected chi connectivity index (χ4v) is 4.25. The van der Waals surface area contributed by atoms with E-state index in [1.165, 1.54) is 18.2 Å². The lowest BCUT2D eigenvalue weighted by Gasteiger charge is -2.36.